The number of aromatic nitrogens is 1. The largest absolute Gasteiger partial charge is 0.452 e. The SMILES string of the molecule is CC1CN(C(=O)COC(=O)c2cccnc2N2CCCC2)CCO1. The smallest absolute Gasteiger partial charge is 0.342 e. The van der Waals surface area contributed by atoms with Crippen LogP contribution in [0.15, 0.2) is 18.3 Å². The maximum absolute atomic E-state index is 12.4. The van der Waals surface area contributed by atoms with Crippen molar-refractivity contribution >= 4 is 17.7 Å². The van der Waals surface area contributed by atoms with Crippen molar-refractivity contribution in [2.75, 3.05) is 44.3 Å². The molecule has 1 unspecified atom stereocenters. The Morgan fingerprint density at radius 1 is 1.33 bits per heavy atom. The second-order valence-electron chi connectivity index (χ2n) is 6.17. The molecule has 2 aliphatic rings. The van der Waals surface area contributed by atoms with Gasteiger partial charge in [0.15, 0.2) is 6.61 Å². The Morgan fingerprint density at radius 2 is 2.12 bits per heavy atom. The van der Waals surface area contributed by atoms with Crippen molar-refractivity contribution in [3.8, 4) is 0 Å². The van der Waals surface area contributed by atoms with Gasteiger partial charge in [-0.2, -0.15) is 0 Å². The van der Waals surface area contributed by atoms with Crippen molar-refractivity contribution in [3.05, 3.63) is 23.9 Å². The highest BCUT2D eigenvalue weighted by Gasteiger charge is 2.25. The molecule has 0 N–H and O–H groups in total. The van der Waals surface area contributed by atoms with E-state index in [2.05, 4.69) is 9.88 Å². The molecule has 1 amide bonds. The summed E-state index contributed by atoms with van der Waals surface area (Å²) in [4.78, 5) is 32.7. The van der Waals surface area contributed by atoms with Crippen LogP contribution >= 0.6 is 0 Å². The summed E-state index contributed by atoms with van der Waals surface area (Å²) in [5.74, 6) is -0.0442. The first-order valence-electron chi connectivity index (χ1n) is 8.41. The molecule has 1 aromatic heterocycles. The van der Waals surface area contributed by atoms with Gasteiger partial charge in [-0.25, -0.2) is 9.78 Å². The third-order valence-corrected chi connectivity index (χ3v) is 4.33. The van der Waals surface area contributed by atoms with Gasteiger partial charge in [0.2, 0.25) is 0 Å². The lowest BCUT2D eigenvalue weighted by atomic mass is 10.2. The normalized spacial score (nSPS) is 21.0. The molecule has 3 rings (SSSR count). The molecule has 7 nitrogen and oxygen atoms in total. The minimum Gasteiger partial charge on any atom is -0.452 e. The van der Waals surface area contributed by atoms with E-state index in [4.69, 9.17) is 9.47 Å². The van der Waals surface area contributed by atoms with Crippen molar-refractivity contribution in [3.63, 3.8) is 0 Å². The van der Waals surface area contributed by atoms with Crippen molar-refractivity contribution < 1.29 is 19.1 Å². The van der Waals surface area contributed by atoms with Crippen molar-refractivity contribution in [2.24, 2.45) is 0 Å². The van der Waals surface area contributed by atoms with E-state index in [1.165, 1.54) is 0 Å². The summed E-state index contributed by atoms with van der Waals surface area (Å²) in [6.07, 6.45) is 3.88. The number of ether oxygens (including phenoxy) is 2. The van der Waals surface area contributed by atoms with Gasteiger partial charge >= 0.3 is 5.97 Å². The number of anilines is 1. The van der Waals surface area contributed by atoms with E-state index in [-0.39, 0.29) is 18.6 Å². The van der Waals surface area contributed by atoms with Crippen molar-refractivity contribution in [1.82, 2.24) is 9.88 Å². The molecule has 0 aromatic carbocycles. The maximum Gasteiger partial charge on any atom is 0.342 e. The fourth-order valence-corrected chi connectivity index (χ4v) is 3.08. The minimum absolute atomic E-state index is 0.0125. The molecular weight excluding hydrogens is 310 g/mol. The van der Waals surface area contributed by atoms with Gasteiger partial charge in [-0.15, -0.1) is 0 Å². The van der Waals surface area contributed by atoms with Crippen LogP contribution in [0.4, 0.5) is 5.82 Å². The lowest BCUT2D eigenvalue weighted by molar-refractivity contribution is -0.141. The van der Waals surface area contributed by atoms with E-state index < -0.39 is 5.97 Å². The van der Waals surface area contributed by atoms with Crippen LogP contribution in [0.3, 0.4) is 0 Å². The van der Waals surface area contributed by atoms with E-state index in [0.717, 1.165) is 25.9 Å². The highest BCUT2D eigenvalue weighted by Crippen LogP contribution is 2.22. The number of esters is 1. The molecule has 3 heterocycles. The molecule has 0 saturated carbocycles. The molecule has 0 radical (unpaired) electrons. The van der Waals surface area contributed by atoms with Crippen molar-refractivity contribution in [2.45, 2.75) is 25.9 Å². The molecule has 0 bridgehead atoms. The van der Waals surface area contributed by atoms with E-state index in [1.807, 2.05) is 6.92 Å². The van der Waals surface area contributed by atoms with Gasteiger partial charge in [0.25, 0.3) is 5.91 Å². The quantitative estimate of drug-likeness (QED) is 0.768. The highest BCUT2D eigenvalue weighted by atomic mass is 16.5. The van der Waals surface area contributed by atoms with Gasteiger partial charge in [-0.05, 0) is 31.9 Å². The molecule has 24 heavy (non-hydrogen) atoms. The first kappa shape index (κ1) is 16.7. The Bertz CT molecular complexity index is 601. The number of hydrogen-bond donors (Lipinski definition) is 0. The van der Waals surface area contributed by atoms with Gasteiger partial charge in [0, 0.05) is 32.4 Å². The predicted molar refractivity (Wildman–Crippen MR) is 88.0 cm³/mol. The van der Waals surface area contributed by atoms with E-state index in [0.29, 0.717) is 31.1 Å². The Morgan fingerprint density at radius 3 is 2.88 bits per heavy atom. The van der Waals surface area contributed by atoms with E-state index >= 15 is 0 Å². The number of amides is 1. The summed E-state index contributed by atoms with van der Waals surface area (Å²) in [6, 6.07) is 3.41. The zero-order chi connectivity index (χ0) is 16.9. The maximum atomic E-state index is 12.4. The average Bonchev–Trinajstić information content (AvgIpc) is 3.14. The summed E-state index contributed by atoms with van der Waals surface area (Å²) in [6.45, 7) is 5.03. The molecule has 2 saturated heterocycles. The molecule has 1 atom stereocenters. The fraction of sp³-hybridized carbons (Fsp3) is 0.588. The first-order chi connectivity index (χ1) is 11.6. The molecule has 0 spiro atoms. The number of pyridine rings is 1. The molecular formula is C17H23N3O4. The number of carbonyl (C=O) groups is 2. The Labute approximate surface area is 141 Å². The van der Waals surface area contributed by atoms with Gasteiger partial charge in [-0.3, -0.25) is 4.79 Å². The van der Waals surface area contributed by atoms with Crippen LogP contribution in [-0.2, 0) is 14.3 Å². The summed E-state index contributed by atoms with van der Waals surface area (Å²) in [7, 11) is 0. The Hall–Kier alpha value is -2.15. The minimum atomic E-state index is -0.500. The summed E-state index contributed by atoms with van der Waals surface area (Å²) in [5.41, 5.74) is 0.419. The van der Waals surface area contributed by atoms with Gasteiger partial charge in [-0.1, -0.05) is 0 Å². The van der Waals surface area contributed by atoms with Crippen LogP contribution in [0.2, 0.25) is 0 Å². The second-order valence-corrected chi connectivity index (χ2v) is 6.17. The molecule has 2 fully saturated rings. The summed E-state index contributed by atoms with van der Waals surface area (Å²) in [5, 5.41) is 0. The monoisotopic (exact) mass is 333 g/mol. The Kier molecular flexibility index (Phi) is 5.30. The summed E-state index contributed by atoms with van der Waals surface area (Å²) < 4.78 is 10.7. The van der Waals surface area contributed by atoms with Crippen LogP contribution < -0.4 is 4.90 Å². The lowest BCUT2D eigenvalue weighted by Crippen LogP contribution is -2.46. The summed E-state index contributed by atoms with van der Waals surface area (Å²) >= 11 is 0. The van der Waals surface area contributed by atoms with Crippen molar-refractivity contribution in [1.29, 1.82) is 0 Å². The van der Waals surface area contributed by atoms with Gasteiger partial charge < -0.3 is 19.3 Å². The second kappa shape index (κ2) is 7.61. The number of nitrogens with zero attached hydrogens (tertiary/aromatic N) is 3. The third kappa shape index (κ3) is 3.84. The zero-order valence-electron chi connectivity index (χ0n) is 13.9. The number of hydrogen-bond acceptors (Lipinski definition) is 6. The molecule has 130 valence electrons. The molecule has 0 aliphatic carbocycles. The van der Waals surface area contributed by atoms with Crippen LogP contribution in [0.1, 0.15) is 30.1 Å². The van der Waals surface area contributed by atoms with Crippen LogP contribution in [0, 0.1) is 0 Å². The van der Waals surface area contributed by atoms with Gasteiger partial charge in [0.05, 0.1) is 12.7 Å². The predicted octanol–water partition coefficient (Wildman–Crippen LogP) is 1.09. The average molecular weight is 333 g/mol. The van der Waals surface area contributed by atoms with Crippen LogP contribution in [-0.4, -0.2) is 67.3 Å². The Balaban J connectivity index is 1.60. The van der Waals surface area contributed by atoms with Crippen LogP contribution in [0.5, 0.6) is 0 Å². The van der Waals surface area contributed by atoms with Gasteiger partial charge in [0.1, 0.15) is 11.4 Å². The molecule has 1 aromatic rings. The standard InChI is InChI=1S/C17H23N3O4/c1-13-11-20(9-10-23-13)15(21)12-24-17(22)14-5-4-6-18-16(14)19-7-2-3-8-19/h4-6,13H,2-3,7-12H2,1H3. The third-order valence-electron chi connectivity index (χ3n) is 4.33. The number of morpholine rings is 1. The van der Waals surface area contributed by atoms with E-state index in [9.17, 15) is 9.59 Å². The number of carbonyl (C=O) groups excluding carboxylic acids is 2. The van der Waals surface area contributed by atoms with Crippen LogP contribution in [0.25, 0.3) is 0 Å². The van der Waals surface area contributed by atoms with E-state index in [1.54, 1.807) is 23.2 Å². The molecule has 2 aliphatic heterocycles. The molecule has 7 heteroatoms. The first-order valence-corrected chi connectivity index (χ1v) is 8.41. The zero-order valence-corrected chi connectivity index (χ0v) is 13.9. The topological polar surface area (TPSA) is 72.0 Å². The lowest BCUT2D eigenvalue weighted by Gasteiger charge is -2.31. The highest BCUT2D eigenvalue weighted by molar-refractivity contribution is 5.96. The fourth-order valence-electron chi connectivity index (χ4n) is 3.08. The number of rotatable bonds is 4.